The van der Waals surface area contributed by atoms with Crippen LogP contribution in [0.1, 0.15) is 38.8 Å². The summed E-state index contributed by atoms with van der Waals surface area (Å²) >= 11 is 0. The monoisotopic (exact) mass is 347 g/mol. The topological polar surface area (TPSA) is 104 Å². The summed E-state index contributed by atoms with van der Waals surface area (Å²) in [6.45, 7) is 1.29. The number of carbonyl (C=O) groups is 3. The standard InChI is InChI=1S/C20H13NO5/c1-9(22)21-13-8-4-7-12-14(13)20(26)16-15(19(12)25)17(23)10-5-2-3-6-11(10)18(16)24/h2-8,23-24H,1H3,(H,21,22). The Morgan fingerprint density at radius 2 is 1.38 bits per heavy atom. The summed E-state index contributed by atoms with van der Waals surface area (Å²) in [6, 6.07) is 10.9. The normalized spacial score (nSPS) is 12.7. The van der Waals surface area contributed by atoms with Gasteiger partial charge in [0.05, 0.1) is 22.4 Å². The van der Waals surface area contributed by atoms with Gasteiger partial charge in [-0.3, -0.25) is 14.4 Å². The predicted octanol–water partition coefficient (Wildman–Crippen LogP) is 2.98. The number of hydrogen-bond donors (Lipinski definition) is 3. The molecular weight excluding hydrogens is 334 g/mol. The molecule has 0 bridgehead atoms. The Kier molecular flexibility index (Phi) is 3.30. The van der Waals surface area contributed by atoms with Crippen molar-refractivity contribution in [2.45, 2.75) is 6.92 Å². The zero-order valence-corrected chi connectivity index (χ0v) is 13.7. The lowest BCUT2D eigenvalue weighted by Crippen LogP contribution is -2.23. The van der Waals surface area contributed by atoms with Crippen LogP contribution < -0.4 is 5.32 Å². The minimum absolute atomic E-state index is 0.00480. The fraction of sp³-hybridized carbons (Fsp3) is 0.0500. The van der Waals surface area contributed by atoms with Crippen LogP contribution in [0, 0.1) is 0 Å². The van der Waals surface area contributed by atoms with E-state index in [4.69, 9.17) is 0 Å². The van der Waals surface area contributed by atoms with Crippen molar-refractivity contribution < 1.29 is 24.6 Å². The van der Waals surface area contributed by atoms with Crippen molar-refractivity contribution in [3.63, 3.8) is 0 Å². The number of aromatic hydroxyl groups is 2. The molecule has 0 heterocycles. The molecule has 0 spiro atoms. The van der Waals surface area contributed by atoms with Crippen LogP contribution in [0.2, 0.25) is 0 Å². The molecule has 0 aromatic heterocycles. The SMILES string of the molecule is CC(=O)Nc1cccc2c1C(=O)c1c(c(O)c3ccccc3c1O)C2=O. The molecule has 128 valence electrons. The molecule has 0 saturated heterocycles. The number of phenolic OH excluding ortho intramolecular Hbond substituents is 2. The number of rotatable bonds is 1. The summed E-state index contributed by atoms with van der Waals surface area (Å²) in [5.41, 5.74) is -0.217. The number of anilines is 1. The summed E-state index contributed by atoms with van der Waals surface area (Å²) in [6.07, 6.45) is 0. The van der Waals surface area contributed by atoms with Gasteiger partial charge >= 0.3 is 0 Å². The highest BCUT2D eigenvalue weighted by atomic mass is 16.3. The number of amides is 1. The molecule has 3 aromatic rings. The Morgan fingerprint density at radius 3 is 1.96 bits per heavy atom. The minimum atomic E-state index is -0.627. The molecule has 3 aromatic carbocycles. The molecule has 3 N–H and O–H groups in total. The second-order valence-corrected chi connectivity index (χ2v) is 6.06. The molecule has 0 unspecified atom stereocenters. The van der Waals surface area contributed by atoms with Gasteiger partial charge in [-0.1, -0.05) is 36.4 Å². The van der Waals surface area contributed by atoms with Gasteiger partial charge in [0.1, 0.15) is 11.5 Å². The molecule has 0 radical (unpaired) electrons. The first-order chi connectivity index (χ1) is 12.4. The Labute approximate surface area is 147 Å². The lowest BCUT2D eigenvalue weighted by molar-refractivity contribution is -0.114. The van der Waals surface area contributed by atoms with E-state index < -0.39 is 17.5 Å². The zero-order valence-electron chi connectivity index (χ0n) is 13.7. The summed E-state index contributed by atoms with van der Waals surface area (Å²) in [7, 11) is 0. The van der Waals surface area contributed by atoms with Gasteiger partial charge in [0.15, 0.2) is 5.78 Å². The van der Waals surface area contributed by atoms with E-state index in [-0.39, 0.29) is 50.2 Å². The van der Waals surface area contributed by atoms with Crippen molar-refractivity contribution in [1.82, 2.24) is 0 Å². The molecule has 0 atom stereocenters. The molecule has 0 saturated carbocycles. The van der Waals surface area contributed by atoms with Crippen LogP contribution in [0.15, 0.2) is 42.5 Å². The van der Waals surface area contributed by atoms with Crippen LogP contribution in [0.5, 0.6) is 11.5 Å². The zero-order chi connectivity index (χ0) is 18.6. The maximum Gasteiger partial charge on any atom is 0.221 e. The molecule has 0 aliphatic heterocycles. The summed E-state index contributed by atoms with van der Waals surface area (Å²) < 4.78 is 0. The number of ketones is 2. The highest BCUT2D eigenvalue weighted by Crippen LogP contribution is 2.45. The Balaban J connectivity index is 2.09. The van der Waals surface area contributed by atoms with Gasteiger partial charge in [-0.15, -0.1) is 0 Å². The minimum Gasteiger partial charge on any atom is -0.506 e. The average molecular weight is 347 g/mol. The third-order valence-electron chi connectivity index (χ3n) is 4.46. The van der Waals surface area contributed by atoms with Gasteiger partial charge in [0.25, 0.3) is 0 Å². The van der Waals surface area contributed by atoms with E-state index in [0.717, 1.165) is 0 Å². The van der Waals surface area contributed by atoms with Gasteiger partial charge < -0.3 is 15.5 Å². The third-order valence-corrected chi connectivity index (χ3v) is 4.46. The van der Waals surface area contributed by atoms with Gasteiger partial charge in [-0.05, 0) is 6.07 Å². The number of phenols is 2. The molecular formula is C20H13NO5. The van der Waals surface area contributed by atoms with Crippen molar-refractivity contribution in [2.75, 3.05) is 5.32 Å². The van der Waals surface area contributed by atoms with E-state index in [9.17, 15) is 24.6 Å². The molecule has 1 amide bonds. The molecule has 1 aliphatic rings. The summed E-state index contributed by atoms with van der Waals surface area (Å²) in [5, 5.41) is 24.3. The Hall–Kier alpha value is -3.67. The van der Waals surface area contributed by atoms with Crippen LogP contribution in [0.25, 0.3) is 10.8 Å². The predicted molar refractivity (Wildman–Crippen MR) is 94.9 cm³/mol. The highest BCUT2D eigenvalue weighted by Gasteiger charge is 2.37. The maximum absolute atomic E-state index is 13.1. The lowest BCUT2D eigenvalue weighted by Gasteiger charge is -2.23. The van der Waals surface area contributed by atoms with Gasteiger partial charge in [-0.25, -0.2) is 0 Å². The first-order valence-corrected chi connectivity index (χ1v) is 7.88. The Bertz CT molecular complexity index is 1150. The molecule has 1 aliphatic carbocycles. The number of nitrogens with one attached hydrogen (secondary N) is 1. The van der Waals surface area contributed by atoms with Crippen molar-refractivity contribution in [3.8, 4) is 11.5 Å². The van der Waals surface area contributed by atoms with Crippen molar-refractivity contribution in [1.29, 1.82) is 0 Å². The maximum atomic E-state index is 13.1. The quantitative estimate of drug-likeness (QED) is 0.459. The van der Waals surface area contributed by atoms with Crippen LogP contribution in [0.4, 0.5) is 5.69 Å². The van der Waals surface area contributed by atoms with Crippen molar-refractivity contribution in [2.24, 2.45) is 0 Å². The number of fused-ring (bicyclic) bond motifs is 3. The first kappa shape index (κ1) is 15.8. The average Bonchev–Trinajstić information content (AvgIpc) is 2.62. The lowest BCUT2D eigenvalue weighted by atomic mass is 9.80. The first-order valence-electron chi connectivity index (χ1n) is 7.88. The molecule has 26 heavy (non-hydrogen) atoms. The van der Waals surface area contributed by atoms with E-state index in [1.807, 2.05) is 0 Å². The second-order valence-electron chi connectivity index (χ2n) is 6.06. The highest BCUT2D eigenvalue weighted by molar-refractivity contribution is 6.34. The number of carbonyl (C=O) groups excluding carboxylic acids is 3. The van der Waals surface area contributed by atoms with Gasteiger partial charge in [0, 0.05) is 23.3 Å². The Morgan fingerprint density at radius 1 is 0.808 bits per heavy atom. The van der Waals surface area contributed by atoms with Crippen molar-refractivity contribution >= 4 is 33.9 Å². The fourth-order valence-electron chi connectivity index (χ4n) is 3.38. The third kappa shape index (κ3) is 2.02. The van der Waals surface area contributed by atoms with E-state index in [2.05, 4.69) is 5.32 Å². The van der Waals surface area contributed by atoms with Gasteiger partial charge in [-0.2, -0.15) is 0 Å². The molecule has 6 heteroatoms. The molecule has 0 fully saturated rings. The largest absolute Gasteiger partial charge is 0.506 e. The number of benzene rings is 3. The van der Waals surface area contributed by atoms with Crippen molar-refractivity contribution in [3.05, 3.63) is 64.7 Å². The van der Waals surface area contributed by atoms with Crippen LogP contribution in [0.3, 0.4) is 0 Å². The fourth-order valence-corrected chi connectivity index (χ4v) is 3.38. The summed E-state index contributed by atoms with van der Waals surface area (Å²) in [5.74, 6) is -2.31. The van der Waals surface area contributed by atoms with E-state index in [0.29, 0.717) is 0 Å². The van der Waals surface area contributed by atoms with E-state index in [1.165, 1.54) is 25.1 Å². The van der Waals surface area contributed by atoms with Crippen LogP contribution in [-0.4, -0.2) is 27.7 Å². The van der Waals surface area contributed by atoms with Crippen LogP contribution in [-0.2, 0) is 4.79 Å². The van der Waals surface area contributed by atoms with E-state index >= 15 is 0 Å². The van der Waals surface area contributed by atoms with Crippen LogP contribution >= 0.6 is 0 Å². The van der Waals surface area contributed by atoms with E-state index in [1.54, 1.807) is 24.3 Å². The molecule has 6 nitrogen and oxygen atoms in total. The number of hydrogen-bond acceptors (Lipinski definition) is 5. The summed E-state index contributed by atoms with van der Waals surface area (Å²) in [4.78, 5) is 37.5. The smallest absolute Gasteiger partial charge is 0.221 e. The van der Waals surface area contributed by atoms with Gasteiger partial charge in [0.2, 0.25) is 11.7 Å². The molecule has 4 rings (SSSR count). The second kappa shape index (κ2) is 5.42.